The van der Waals surface area contributed by atoms with Crippen LogP contribution in [-0.2, 0) is 9.53 Å². The van der Waals surface area contributed by atoms with Gasteiger partial charge in [0, 0.05) is 13.3 Å². The van der Waals surface area contributed by atoms with Crippen molar-refractivity contribution in [3.63, 3.8) is 0 Å². The highest BCUT2D eigenvalue weighted by Gasteiger charge is 2.59. The second-order valence-corrected chi connectivity index (χ2v) is 13.0. The fourth-order valence-corrected chi connectivity index (χ4v) is 9.15. The Kier molecular flexibility index (Phi) is 7.24. The van der Waals surface area contributed by atoms with Crippen molar-refractivity contribution in [1.82, 2.24) is 0 Å². The number of ether oxygens (including phenoxy) is 1. The zero-order chi connectivity index (χ0) is 24.0. The van der Waals surface area contributed by atoms with Gasteiger partial charge in [0.05, 0.1) is 0 Å². The molecule has 2 nitrogen and oxygen atoms in total. The number of carbonyl (C=O) groups excluding carboxylic acids is 1. The topological polar surface area (TPSA) is 26.3 Å². The summed E-state index contributed by atoms with van der Waals surface area (Å²) in [6.07, 6.45) is 19.2. The number of esters is 1. The van der Waals surface area contributed by atoms with Gasteiger partial charge in [-0.2, -0.15) is 0 Å². The molecule has 0 unspecified atom stereocenters. The van der Waals surface area contributed by atoms with E-state index in [4.69, 9.17) is 4.74 Å². The number of allylic oxidation sites excluding steroid dienone is 3. The lowest BCUT2D eigenvalue weighted by atomic mass is 9.47. The smallest absolute Gasteiger partial charge is 0.302 e. The van der Waals surface area contributed by atoms with Crippen LogP contribution in [0.5, 0.6) is 0 Å². The Balaban J connectivity index is 1.49. The van der Waals surface area contributed by atoms with Crippen molar-refractivity contribution >= 4 is 5.97 Å². The molecule has 2 heteroatoms. The zero-order valence-corrected chi connectivity index (χ0v) is 22.5. The van der Waals surface area contributed by atoms with Crippen LogP contribution in [0.4, 0.5) is 0 Å². The van der Waals surface area contributed by atoms with Gasteiger partial charge in [0.25, 0.3) is 0 Å². The predicted molar refractivity (Wildman–Crippen MR) is 138 cm³/mol. The molecule has 0 aromatic carbocycles. The number of hydrogen-bond acceptors (Lipinski definition) is 2. The lowest BCUT2D eigenvalue weighted by molar-refractivity contribution is -0.148. The van der Waals surface area contributed by atoms with Gasteiger partial charge < -0.3 is 4.74 Å². The summed E-state index contributed by atoms with van der Waals surface area (Å²) in [5.74, 6) is 5.41. The van der Waals surface area contributed by atoms with E-state index in [1.165, 1.54) is 44.9 Å². The Morgan fingerprint density at radius 1 is 1.09 bits per heavy atom. The number of rotatable bonds is 6. The monoisotopic (exact) mass is 454 g/mol. The summed E-state index contributed by atoms with van der Waals surface area (Å²) in [5.41, 5.74) is 2.44. The number of fused-ring (bicyclic) bond motifs is 5. The molecule has 3 saturated carbocycles. The van der Waals surface area contributed by atoms with E-state index in [0.29, 0.717) is 16.7 Å². The van der Waals surface area contributed by atoms with Crippen LogP contribution in [0.3, 0.4) is 0 Å². The van der Waals surface area contributed by atoms with Crippen LogP contribution in [-0.4, -0.2) is 12.1 Å². The Morgan fingerprint density at radius 2 is 1.85 bits per heavy atom. The van der Waals surface area contributed by atoms with Crippen molar-refractivity contribution < 1.29 is 9.53 Å². The molecule has 0 bridgehead atoms. The van der Waals surface area contributed by atoms with E-state index >= 15 is 0 Å². The highest BCUT2D eigenvalue weighted by Crippen LogP contribution is 2.67. The molecule has 0 amide bonds. The Bertz CT molecular complexity index is 778. The summed E-state index contributed by atoms with van der Waals surface area (Å²) >= 11 is 0. The minimum Gasteiger partial charge on any atom is -0.462 e. The quantitative estimate of drug-likeness (QED) is 0.297. The van der Waals surface area contributed by atoms with Crippen molar-refractivity contribution in [1.29, 1.82) is 0 Å². The molecule has 186 valence electrons. The van der Waals surface area contributed by atoms with Crippen molar-refractivity contribution in [3.05, 3.63) is 23.8 Å². The van der Waals surface area contributed by atoms with Gasteiger partial charge in [-0.1, -0.05) is 65.3 Å². The van der Waals surface area contributed by atoms with Gasteiger partial charge in [-0.15, -0.1) is 0 Å². The lowest BCUT2D eigenvalue weighted by Crippen LogP contribution is -2.51. The van der Waals surface area contributed by atoms with Gasteiger partial charge in [0.1, 0.15) is 6.10 Å². The average Bonchev–Trinajstić information content (AvgIpc) is 3.11. The maximum atomic E-state index is 11.5. The summed E-state index contributed by atoms with van der Waals surface area (Å²) in [6.45, 7) is 16.3. The van der Waals surface area contributed by atoms with E-state index in [0.717, 1.165) is 48.3 Å². The maximum absolute atomic E-state index is 11.5. The first-order valence-corrected chi connectivity index (χ1v) is 14.1. The Hall–Kier alpha value is -1.05. The van der Waals surface area contributed by atoms with Gasteiger partial charge in [-0.25, -0.2) is 0 Å². The van der Waals surface area contributed by atoms with Crippen LogP contribution >= 0.6 is 0 Å². The third kappa shape index (κ3) is 4.50. The second kappa shape index (κ2) is 9.54. The molecular weight excluding hydrogens is 404 g/mol. The van der Waals surface area contributed by atoms with Crippen molar-refractivity contribution in [2.45, 2.75) is 112 Å². The number of carbonyl (C=O) groups is 1. The maximum Gasteiger partial charge on any atom is 0.302 e. The average molecular weight is 455 g/mol. The summed E-state index contributed by atoms with van der Waals surface area (Å²) in [6, 6.07) is 0. The van der Waals surface area contributed by atoms with E-state index in [-0.39, 0.29) is 12.1 Å². The van der Waals surface area contributed by atoms with E-state index in [9.17, 15) is 4.79 Å². The summed E-state index contributed by atoms with van der Waals surface area (Å²) in [4.78, 5) is 11.5. The second-order valence-electron chi connectivity index (χ2n) is 13.0. The first kappa shape index (κ1) is 25.1. The van der Waals surface area contributed by atoms with Gasteiger partial charge in [0.2, 0.25) is 0 Å². The molecule has 0 aromatic heterocycles. The first-order chi connectivity index (χ1) is 15.6. The zero-order valence-electron chi connectivity index (χ0n) is 22.5. The minimum atomic E-state index is -0.120. The highest BCUT2D eigenvalue weighted by molar-refractivity contribution is 5.66. The highest BCUT2D eigenvalue weighted by atomic mass is 16.5. The van der Waals surface area contributed by atoms with Crippen LogP contribution in [0, 0.1) is 52.3 Å². The largest absolute Gasteiger partial charge is 0.462 e. The van der Waals surface area contributed by atoms with Gasteiger partial charge >= 0.3 is 5.97 Å². The van der Waals surface area contributed by atoms with Crippen LogP contribution in [0.1, 0.15) is 106 Å². The van der Waals surface area contributed by atoms with Crippen molar-refractivity contribution in [3.8, 4) is 0 Å². The lowest BCUT2D eigenvalue weighted by Gasteiger charge is -2.58. The summed E-state index contributed by atoms with van der Waals surface area (Å²) in [5, 5.41) is 0. The van der Waals surface area contributed by atoms with Crippen LogP contribution < -0.4 is 0 Å². The van der Waals surface area contributed by atoms with Crippen molar-refractivity contribution in [2.75, 3.05) is 0 Å². The molecule has 4 aliphatic carbocycles. The molecule has 0 spiro atoms. The fraction of sp³-hybridized carbons (Fsp3) is 0.839. The molecule has 0 saturated heterocycles. The number of hydrogen-bond donors (Lipinski definition) is 0. The molecule has 4 rings (SSSR count). The van der Waals surface area contributed by atoms with E-state index < -0.39 is 0 Å². The molecule has 0 aliphatic heterocycles. The standard InChI is InChI=1S/C31H50O2/c1-8-23(20(2)3)10-9-21(4)27-13-14-28-26-12-11-24-19-25(33-22(5)32)15-17-30(24,6)29(26)16-18-31(27,28)7/h9-11,20-21,23,25-29H,8,12-19H2,1-7H3/t21-,23-,25+,26+,27+,28+,29+,30+,31+/m0/s1. The van der Waals surface area contributed by atoms with Gasteiger partial charge in [-0.05, 0) is 104 Å². The van der Waals surface area contributed by atoms with Crippen LogP contribution in [0.2, 0.25) is 0 Å². The molecule has 0 heterocycles. The molecule has 0 N–H and O–H groups in total. The molecule has 0 radical (unpaired) electrons. The fourth-order valence-electron chi connectivity index (χ4n) is 9.15. The van der Waals surface area contributed by atoms with Crippen molar-refractivity contribution in [2.24, 2.45) is 52.3 Å². The summed E-state index contributed by atoms with van der Waals surface area (Å²) in [7, 11) is 0. The van der Waals surface area contributed by atoms with Gasteiger partial charge in [-0.3, -0.25) is 4.79 Å². The molecule has 0 aromatic rings. The molecular formula is C31H50O2. The molecule has 9 atom stereocenters. The summed E-state index contributed by atoms with van der Waals surface area (Å²) < 4.78 is 5.62. The van der Waals surface area contributed by atoms with E-state index in [1.54, 1.807) is 12.5 Å². The molecule has 3 fully saturated rings. The van der Waals surface area contributed by atoms with E-state index in [1.807, 2.05) is 0 Å². The van der Waals surface area contributed by atoms with Gasteiger partial charge in [0.15, 0.2) is 0 Å². The van der Waals surface area contributed by atoms with E-state index in [2.05, 4.69) is 59.8 Å². The third-order valence-electron chi connectivity index (χ3n) is 11.1. The SMILES string of the molecule is CC[C@@H](C=C[C@H](C)[C@H]1CC[C@@H]2[C@H]3CC=C4C[C@H](OC(C)=O)CC[C@@]4(C)[C@@H]3CC[C@@]21C)C(C)C. The minimum absolute atomic E-state index is 0.105. The normalized spacial score (nSPS) is 42.3. The molecule has 33 heavy (non-hydrogen) atoms. The first-order valence-electron chi connectivity index (χ1n) is 14.1. The Labute approximate surface area is 204 Å². The molecule has 4 aliphatic rings. The Morgan fingerprint density at radius 3 is 2.52 bits per heavy atom. The predicted octanol–water partition coefficient (Wildman–Crippen LogP) is 8.37. The van der Waals surface area contributed by atoms with Crippen LogP contribution in [0.25, 0.3) is 0 Å². The van der Waals surface area contributed by atoms with Crippen LogP contribution in [0.15, 0.2) is 23.8 Å². The third-order valence-corrected chi connectivity index (χ3v) is 11.1.